The first kappa shape index (κ1) is 13.1. The van der Waals surface area contributed by atoms with Crippen LogP contribution in [0.3, 0.4) is 0 Å². The molecule has 0 N–H and O–H groups in total. The van der Waals surface area contributed by atoms with Crippen LogP contribution in [0.2, 0.25) is 0 Å². The Kier molecular flexibility index (Phi) is 4.40. The van der Waals surface area contributed by atoms with E-state index in [1.165, 1.54) is 24.8 Å². The predicted octanol–water partition coefficient (Wildman–Crippen LogP) is 3.83. The lowest BCUT2D eigenvalue weighted by atomic mass is 9.86. The fourth-order valence-corrected chi connectivity index (χ4v) is 2.55. The summed E-state index contributed by atoms with van der Waals surface area (Å²) >= 11 is 0. The molecule has 0 spiro atoms. The number of ether oxygens (including phenoxy) is 1. The number of carbonyl (C=O) groups excluding carboxylic acids is 1. The fourth-order valence-electron chi connectivity index (χ4n) is 2.55. The molecule has 1 aliphatic rings. The summed E-state index contributed by atoms with van der Waals surface area (Å²) in [7, 11) is 0. The quantitative estimate of drug-likeness (QED) is 0.807. The van der Waals surface area contributed by atoms with Gasteiger partial charge in [0.05, 0.1) is 0 Å². The van der Waals surface area contributed by atoms with Crippen molar-refractivity contribution in [3.63, 3.8) is 0 Å². The first-order valence-electron chi connectivity index (χ1n) is 6.89. The molecule has 2 nitrogen and oxygen atoms in total. The molecule has 0 bridgehead atoms. The van der Waals surface area contributed by atoms with Crippen molar-refractivity contribution in [2.75, 3.05) is 6.61 Å². The summed E-state index contributed by atoms with van der Waals surface area (Å²) in [5.41, 5.74) is 2.26. The molecule has 0 radical (unpaired) electrons. The molecule has 1 saturated carbocycles. The largest absolute Gasteiger partial charge is 0.486 e. The molecule has 0 heterocycles. The van der Waals surface area contributed by atoms with Crippen LogP contribution < -0.4 is 4.74 Å². The average molecular weight is 246 g/mol. The molecule has 1 aromatic rings. The number of hydrogen-bond acceptors (Lipinski definition) is 2. The van der Waals surface area contributed by atoms with Crippen molar-refractivity contribution in [2.45, 2.75) is 46.0 Å². The van der Waals surface area contributed by atoms with Crippen LogP contribution in [0.15, 0.2) is 18.2 Å². The minimum absolute atomic E-state index is 0.231. The van der Waals surface area contributed by atoms with Crippen molar-refractivity contribution in [3.05, 3.63) is 29.3 Å². The van der Waals surface area contributed by atoms with E-state index in [-0.39, 0.29) is 18.3 Å². The highest BCUT2D eigenvalue weighted by Gasteiger charge is 2.21. The summed E-state index contributed by atoms with van der Waals surface area (Å²) in [6, 6.07) is 6.10. The summed E-state index contributed by atoms with van der Waals surface area (Å²) in [6.45, 7) is 4.28. The second-order valence-corrected chi connectivity index (χ2v) is 5.36. The van der Waals surface area contributed by atoms with Crippen LogP contribution in [0.5, 0.6) is 5.75 Å². The number of rotatable bonds is 4. The lowest BCUT2D eigenvalue weighted by Crippen LogP contribution is -2.23. The van der Waals surface area contributed by atoms with Gasteiger partial charge in [0.1, 0.15) is 12.4 Å². The van der Waals surface area contributed by atoms with Crippen molar-refractivity contribution in [2.24, 2.45) is 5.92 Å². The molecule has 0 aliphatic heterocycles. The Labute approximate surface area is 109 Å². The van der Waals surface area contributed by atoms with Crippen molar-refractivity contribution >= 4 is 5.78 Å². The topological polar surface area (TPSA) is 26.3 Å². The van der Waals surface area contributed by atoms with Gasteiger partial charge in [0.2, 0.25) is 0 Å². The van der Waals surface area contributed by atoms with E-state index < -0.39 is 0 Å². The van der Waals surface area contributed by atoms with Crippen LogP contribution >= 0.6 is 0 Å². The third-order valence-corrected chi connectivity index (χ3v) is 3.77. The Morgan fingerprint density at radius 3 is 2.67 bits per heavy atom. The van der Waals surface area contributed by atoms with Gasteiger partial charge >= 0.3 is 0 Å². The maximum Gasteiger partial charge on any atom is 0.173 e. The lowest BCUT2D eigenvalue weighted by molar-refractivity contribution is -0.125. The minimum atomic E-state index is 0.231. The van der Waals surface area contributed by atoms with Crippen LogP contribution in [0.1, 0.15) is 43.2 Å². The Morgan fingerprint density at radius 1 is 1.22 bits per heavy atom. The molecule has 2 heteroatoms. The Balaban J connectivity index is 1.90. The molecule has 0 amide bonds. The summed E-state index contributed by atoms with van der Waals surface area (Å²) in [6.07, 6.45) is 5.77. The third kappa shape index (κ3) is 3.34. The molecule has 1 aromatic carbocycles. The van der Waals surface area contributed by atoms with Crippen molar-refractivity contribution < 1.29 is 9.53 Å². The summed E-state index contributed by atoms with van der Waals surface area (Å²) < 4.78 is 5.68. The van der Waals surface area contributed by atoms with Gasteiger partial charge < -0.3 is 4.74 Å². The molecular formula is C16H22O2. The second kappa shape index (κ2) is 6.03. The molecule has 2 rings (SSSR count). The predicted molar refractivity (Wildman–Crippen MR) is 73.0 cm³/mol. The minimum Gasteiger partial charge on any atom is -0.486 e. The van der Waals surface area contributed by atoms with Gasteiger partial charge in [-0.3, -0.25) is 4.79 Å². The normalized spacial score (nSPS) is 16.6. The van der Waals surface area contributed by atoms with Gasteiger partial charge in [-0.05, 0) is 43.9 Å². The molecule has 18 heavy (non-hydrogen) atoms. The van der Waals surface area contributed by atoms with Crippen LogP contribution in [0, 0.1) is 19.8 Å². The smallest absolute Gasteiger partial charge is 0.173 e. The van der Waals surface area contributed by atoms with Crippen LogP contribution in [0.25, 0.3) is 0 Å². The van der Waals surface area contributed by atoms with Gasteiger partial charge in [-0.25, -0.2) is 0 Å². The van der Waals surface area contributed by atoms with E-state index in [0.717, 1.165) is 24.2 Å². The van der Waals surface area contributed by atoms with E-state index >= 15 is 0 Å². The van der Waals surface area contributed by atoms with E-state index in [1.54, 1.807) is 0 Å². The van der Waals surface area contributed by atoms with Crippen LogP contribution in [-0.2, 0) is 4.79 Å². The van der Waals surface area contributed by atoms with E-state index in [0.29, 0.717) is 0 Å². The van der Waals surface area contributed by atoms with Crippen molar-refractivity contribution in [1.29, 1.82) is 0 Å². The zero-order valence-electron chi connectivity index (χ0n) is 11.4. The molecular weight excluding hydrogens is 224 g/mol. The van der Waals surface area contributed by atoms with Crippen molar-refractivity contribution in [3.8, 4) is 5.75 Å². The van der Waals surface area contributed by atoms with E-state index in [4.69, 9.17) is 4.74 Å². The maximum absolute atomic E-state index is 12.0. The maximum atomic E-state index is 12.0. The summed E-state index contributed by atoms with van der Waals surface area (Å²) in [4.78, 5) is 12.0. The van der Waals surface area contributed by atoms with E-state index in [1.807, 2.05) is 26.0 Å². The van der Waals surface area contributed by atoms with Gasteiger partial charge in [-0.2, -0.15) is 0 Å². The number of hydrogen-bond donors (Lipinski definition) is 0. The number of aryl methyl sites for hydroxylation is 2. The van der Waals surface area contributed by atoms with Gasteiger partial charge in [0.15, 0.2) is 5.78 Å². The number of ketones is 1. The van der Waals surface area contributed by atoms with Crippen LogP contribution in [0.4, 0.5) is 0 Å². The molecule has 0 aromatic heterocycles. The van der Waals surface area contributed by atoms with Gasteiger partial charge in [0.25, 0.3) is 0 Å². The zero-order chi connectivity index (χ0) is 13.0. The zero-order valence-corrected chi connectivity index (χ0v) is 11.4. The molecule has 1 fully saturated rings. The van der Waals surface area contributed by atoms with Gasteiger partial charge in [-0.15, -0.1) is 0 Å². The number of benzene rings is 1. The number of Topliss-reactive ketones (excluding diaryl/α,β-unsaturated/α-hetero) is 1. The Bertz CT molecular complexity index is 417. The van der Waals surface area contributed by atoms with Gasteiger partial charge in [-0.1, -0.05) is 31.4 Å². The lowest BCUT2D eigenvalue weighted by Gasteiger charge is -2.20. The summed E-state index contributed by atoms with van der Waals surface area (Å²) in [5, 5.41) is 0. The molecule has 0 saturated heterocycles. The van der Waals surface area contributed by atoms with Crippen molar-refractivity contribution in [1.82, 2.24) is 0 Å². The van der Waals surface area contributed by atoms with E-state index in [9.17, 15) is 4.79 Å². The molecule has 0 atom stereocenters. The highest BCUT2D eigenvalue weighted by Crippen LogP contribution is 2.25. The summed E-state index contributed by atoms with van der Waals surface area (Å²) in [5.74, 6) is 1.36. The third-order valence-electron chi connectivity index (χ3n) is 3.77. The Morgan fingerprint density at radius 2 is 1.94 bits per heavy atom. The number of carbonyl (C=O) groups is 1. The molecule has 98 valence electrons. The van der Waals surface area contributed by atoms with Crippen LogP contribution in [-0.4, -0.2) is 12.4 Å². The first-order valence-corrected chi connectivity index (χ1v) is 6.89. The molecule has 0 unspecified atom stereocenters. The highest BCUT2D eigenvalue weighted by atomic mass is 16.5. The highest BCUT2D eigenvalue weighted by molar-refractivity contribution is 5.82. The fraction of sp³-hybridized carbons (Fsp3) is 0.562. The standard InChI is InChI=1S/C16H22O2/c1-12-8-9-13(2)16(10-12)18-11-15(17)14-6-4-3-5-7-14/h8-10,14H,3-7,11H2,1-2H3. The van der Waals surface area contributed by atoms with Gasteiger partial charge in [0, 0.05) is 5.92 Å². The second-order valence-electron chi connectivity index (χ2n) is 5.36. The SMILES string of the molecule is Cc1ccc(C)c(OCC(=O)C2CCCCC2)c1. The monoisotopic (exact) mass is 246 g/mol. The molecule has 1 aliphatic carbocycles. The first-order chi connectivity index (χ1) is 8.66. The average Bonchev–Trinajstić information content (AvgIpc) is 2.40. The Hall–Kier alpha value is -1.31. The van der Waals surface area contributed by atoms with E-state index in [2.05, 4.69) is 6.07 Å².